The van der Waals surface area contributed by atoms with Crippen molar-refractivity contribution in [1.82, 2.24) is 5.32 Å². The number of hydrogen-bond donors (Lipinski definition) is 1. The molecule has 0 spiro atoms. The molecule has 0 amide bonds. The normalized spacial score (nSPS) is 11.6. The SMILES string of the molecule is CCC(C)(CC)NCc1cc(F)cc([N+](=O)[O-])c1. The molecule has 4 nitrogen and oxygen atoms in total. The number of benzene rings is 1. The fraction of sp³-hybridized carbons (Fsp3) is 0.538. The van der Waals surface area contributed by atoms with Crippen molar-refractivity contribution in [2.24, 2.45) is 0 Å². The average molecular weight is 254 g/mol. The molecule has 0 bridgehead atoms. The number of nitro groups is 1. The molecule has 0 aliphatic heterocycles. The summed E-state index contributed by atoms with van der Waals surface area (Å²) in [6.07, 6.45) is 1.89. The largest absolute Gasteiger partial charge is 0.307 e. The number of non-ortho nitro benzene ring substituents is 1. The second-order valence-electron chi connectivity index (χ2n) is 4.70. The molecule has 100 valence electrons. The van der Waals surface area contributed by atoms with E-state index in [1.807, 2.05) is 0 Å². The van der Waals surface area contributed by atoms with Gasteiger partial charge in [-0.3, -0.25) is 10.1 Å². The minimum absolute atomic E-state index is 0.0267. The van der Waals surface area contributed by atoms with Crippen LogP contribution < -0.4 is 5.32 Å². The lowest BCUT2D eigenvalue weighted by molar-refractivity contribution is -0.385. The highest BCUT2D eigenvalue weighted by Gasteiger charge is 2.19. The molecule has 1 aromatic carbocycles. The first-order chi connectivity index (χ1) is 8.40. The first kappa shape index (κ1) is 14.6. The van der Waals surface area contributed by atoms with Gasteiger partial charge in [0.05, 0.1) is 11.0 Å². The van der Waals surface area contributed by atoms with Crippen molar-refractivity contribution in [3.63, 3.8) is 0 Å². The van der Waals surface area contributed by atoms with Gasteiger partial charge in [0, 0.05) is 18.2 Å². The Labute approximate surface area is 106 Å². The van der Waals surface area contributed by atoms with Crippen molar-refractivity contribution >= 4 is 5.69 Å². The van der Waals surface area contributed by atoms with Crippen LogP contribution in [-0.4, -0.2) is 10.5 Å². The Morgan fingerprint density at radius 1 is 1.33 bits per heavy atom. The monoisotopic (exact) mass is 254 g/mol. The zero-order valence-electron chi connectivity index (χ0n) is 11.0. The van der Waals surface area contributed by atoms with Crippen molar-refractivity contribution in [2.45, 2.75) is 45.7 Å². The van der Waals surface area contributed by atoms with Gasteiger partial charge in [-0.05, 0) is 31.4 Å². The number of nitrogens with zero attached hydrogens (tertiary/aromatic N) is 1. The molecule has 0 saturated heterocycles. The van der Waals surface area contributed by atoms with E-state index in [-0.39, 0.29) is 11.2 Å². The van der Waals surface area contributed by atoms with E-state index >= 15 is 0 Å². The van der Waals surface area contributed by atoms with Crippen LogP contribution >= 0.6 is 0 Å². The minimum atomic E-state index is -0.578. The Morgan fingerprint density at radius 2 is 1.94 bits per heavy atom. The van der Waals surface area contributed by atoms with Gasteiger partial charge in [0.1, 0.15) is 5.82 Å². The fourth-order valence-electron chi connectivity index (χ4n) is 1.66. The molecule has 0 radical (unpaired) electrons. The van der Waals surface area contributed by atoms with Crippen molar-refractivity contribution in [3.05, 3.63) is 39.7 Å². The van der Waals surface area contributed by atoms with Crippen LogP contribution in [0, 0.1) is 15.9 Å². The Hall–Kier alpha value is -1.49. The summed E-state index contributed by atoms with van der Waals surface area (Å²) in [4.78, 5) is 10.1. The van der Waals surface area contributed by atoms with E-state index in [9.17, 15) is 14.5 Å². The molecule has 5 heteroatoms. The van der Waals surface area contributed by atoms with Gasteiger partial charge in [0.2, 0.25) is 0 Å². The Bertz CT molecular complexity index is 431. The third-order valence-corrected chi connectivity index (χ3v) is 3.43. The van der Waals surface area contributed by atoms with Gasteiger partial charge in [0.25, 0.3) is 5.69 Å². The highest BCUT2D eigenvalue weighted by Crippen LogP contribution is 2.19. The maximum Gasteiger partial charge on any atom is 0.272 e. The predicted molar refractivity (Wildman–Crippen MR) is 68.9 cm³/mol. The first-order valence-electron chi connectivity index (χ1n) is 6.09. The van der Waals surface area contributed by atoms with Gasteiger partial charge in [-0.15, -0.1) is 0 Å². The summed E-state index contributed by atoms with van der Waals surface area (Å²) < 4.78 is 13.2. The number of rotatable bonds is 6. The van der Waals surface area contributed by atoms with E-state index in [2.05, 4.69) is 26.1 Å². The molecule has 0 aromatic heterocycles. The Balaban J connectivity index is 2.82. The second kappa shape index (κ2) is 5.91. The molecule has 0 atom stereocenters. The van der Waals surface area contributed by atoms with Gasteiger partial charge >= 0.3 is 0 Å². The lowest BCUT2D eigenvalue weighted by Crippen LogP contribution is -2.40. The highest BCUT2D eigenvalue weighted by molar-refractivity contribution is 5.35. The summed E-state index contributed by atoms with van der Waals surface area (Å²) in [5, 5.41) is 14.0. The van der Waals surface area contributed by atoms with Gasteiger partial charge in [-0.2, -0.15) is 0 Å². The third-order valence-electron chi connectivity index (χ3n) is 3.43. The van der Waals surface area contributed by atoms with E-state index < -0.39 is 10.7 Å². The van der Waals surface area contributed by atoms with Crippen LogP contribution in [0.3, 0.4) is 0 Å². The molecular formula is C13H19FN2O2. The molecular weight excluding hydrogens is 235 g/mol. The van der Waals surface area contributed by atoms with Gasteiger partial charge in [-0.1, -0.05) is 13.8 Å². The van der Waals surface area contributed by atoms with Crippen molar-refractivity contribution < 1.29 is 9.31 Å². The van der Waals surface area contributed by atoms with E-state index in [1.165, 1.54) is 12.1 Å². The molecule has 0 unspecified atom stereocenters. The summed E-state index contributed by atoms with van der Waals surface area (Å²) in [6, 6.07) is 3.66. The Kier molecular flexibility index (Phi) is 4.78. The molecule has 0 saturated carbocycles. The van der Waals surface area contributed by atoms with Crippen LogP contribution in [0.15, 0.2) is 18.2 Å². The lowest BCUT2D eigenvalue weighted by Gasteiger charge is -2.28. The average Bonchev–Trinajstić information content (AvgIpc) is 2.35. The molecule has 0 aliphatic rings. The first-order valence-corrected chi connectivity index (χ1v) is 6.09. The molecule has 1 rings (SSSR count). The highest BCUT2D eigenvalue weighted by atomic mass is 19.1. The van der Waals surface area contributed by atoms with Crippen LogP contribution in [0.2, 0.25) is 0 Å². The van der Waals surface area contributed by atoms with Crippen LogP contribution in [0.4, 0.5) is 10.1 Å². The van der Waals surface area contributed by atoms with Gasteiger partial charge < -0.3 is 5.32 Å². The van der Waals surface area contributed by atoms with E-state index in [0.29, 0.717) is 12.1 Å². The molecule has 0 heterocycles. The van der Waals surface area contributed by atoms with Gasteiger partial charge in [-0.25, -0.2) is 4.39 Å². The number of nitrogens with one attached hydrogen (secondary N) is 1. The zero-order valence-corrected chi connectivity index (χ0v) is 11.0. The maximum atomic E-state index is 13.2. The fourth-order valence-corrected chi connectivity index (χ4v) is 1.66. The third kappa shape index (κ3) is 3.77. The molecule has 1 aromatic rings. The van der Waals surface area contributed by atoms with Crippen LogP contribution in [0.25, 0.3) is 0 Å². The van der Waals surface area contributed by atoms with Crippen LogP contribution in [0.5, 0.6) is 0 Å². The van der Waals surface area contributed by atoms with Crippen molar-refractivity contribution in [1.29, 1.82) is 0 Å². The topological polar surface area (TPSA) is 55.2 Å². The maximum absolute atomic E-state index is 13.2. The quantitative estimate of drug-likeness (QED) is 0.625. The Morgan fingerprint density at radius 3 is 2.44 bits per heavy atom. The minimum Gasteiger partial charge on any atom is -0.307 e. The van der Waals surface area contributed by atoms with E-state index in [4.69, 9.17) is 0 Å². The van der Waals surface area contributed by atoms with Crippen molar-refractivity contribution in [2.75, 3.05) is 0 Å². The summed E-state index contributed by atoms with van der Waals surface area (Å²) in [6.45, 7) is 6.66. The van der Waals surface area contributed by atoms with Crippen molar-refractivity contribution in [3.8, 4) is 0 Å². The summed E-state index contributed by atoms with van der Waals surface area (Å²) in [5.41, 5.74) is 0.359. The summed E-state index contributed by atoms with van der Waals surface area (Å²) in [7, 11) is 0. The molecule has 0 aliphatic carbocycles. The summed E-state index contributed by atoms with van der Waals surface area (Å²) in [5.74, 6) is -0.573. The number of halogens is 1. The van der Waals surface area contributed by atoms with Crippen LogP contribution in [-0.2, 0) is 6.54 Å². The lowest BCUT2D eigenvalue weighted by atomic mass is 9.95. The standard InChI is InChI=1S/C13H19FN2O2/c1-4-13(3,5-2)15-9-10-6-11(14)8-12(7-10)16(17)18/h6-8,15H,4-5,9H2,1-3H3. The molecule has 0 fully saturated rings. The second-order valence-corrected chi connectivity index (χ2v) is 4.70. The molecule has 18 heavy (non-hydrogen) atoms. The van der Waals surface area contributed by atoms with Gasteiger partial charge in [0.15, 0.2) is 0 Å². The predicted octanol–water partition coefficient (Wildman–Crippen LogP) is 3.40. The molecule has 1 N–H and O–H groups in total. The number of nitro benzene ring substituents is 1. The summed E-state index contributed by atoms with van der Waals surface area (Å²) >= 11 is 0. The zero-order chi connectivity index (χ0) is 13.8. The van der Waals surface area contributed by atoms with Crippen LogP contribution in [0.1, 0.15) is 39.2 Å². The number of hydrogen-bond acceptors (Lipinski definition) is 3. The van der Waals surface area contributed by atoms with E-state index in [1.54, 1.807) is 0 Å². The van der Waals surface area contributed by atoms with E-state index in [0.717, 1.165) is 18.9 Å². The smallest absolute Gasteiger partial charge is 0.272 e.